The van der Waals surface area contributed by atoms with Gasteiger partial charge in [-0.2, -0.15) is 13.2 Å². The molecule has 0 radical (unpaired) electrons. The Bertz CT molecular complexity index is 567. The molecule has 0 saturated carbocycles. The van der Waals surface area contributed by atoms with Gasteiger partial charge in [0, 0.05) is 6.20 Å². The van der Waals surface area contributed by atoms with E-state index in [1.807, 2.05) is 0 Å². The second kappa shape index (κ2) is 4.68. The molecule has 17 heavy (non-hydrogen) atoms. The van der Waals surface area contributed by atoms with Crippen LogP contribution in [0.25, 0.3) is 10.2 Å². The maximum atomic E-state index is 12.5. The quantitative estimate of drug-likeness (QED) is 0.592. The monoisotopic (exact) mass is 253 g/mol. The molecule has 2 rings (SSSR count). The number of rotatable bonds is 1. The Morgan fingerprint density at radius 2 is 2.06 bits per heavy atom. The zero-order valence-corrected chi connectivity index (χ0v) is 9.35. The molecule has 0 atom stereocenters. The van der Waals surface area contributed by atoms with Crippen LogP contribution in [0.1, 0.15) is 15.2 Å². The fourth-order valence-electron chi connectivity index (χ4n) is 1.26. The Morgan fingerprint density at radius 3 is 2.59 bits per heavy atom. The third kappa shape index (κ3) is 2.62. The van der Waals surface area contributed by atoms with Gasteiger partial charge in [-0.3, -0.25) is 4.98 Å². The molecule has 0 aliphatic carbocycles. The predicted octanol–water partition coefficient (Wildman–Crippen LogP) is -1.32. The number of aromatic carboxylic acids is 1. The zero-order valence-electron chi connectivity index (χ0n) is 8.54. The number of pyridine rings is 1. The summed E-state index contributed by atoms with van der Waals surface area (Å²) in [5.74, 6) is -1.50. The van der Waals surface area contributed by atoms with Gasteiger partial charge in [-0.1, -0.05) is 0 Å². The third-order valence-corrected chi connectivity index (χ3v) is 3.06. The first-order chi connectivity index (χ1) is 7.39. The first-order valence-electron chi connectivity index (χ1n) is 4.06. The molecule has 0 bridgehead atoms. The minimum Gasteiger partial charge on any atom is -0.544 e. The number of alkyl halides is 3. The molecule has 2 aromatic heterocycles. The maximum absolute atomic E-state index is 12.5. The Morgan fingerprint density at radius 1 is 1.41 bits per heavy atom. The summed E-state index contributed by atoms with van der Waals surface area (Å²) in [6.07, 6.45) is -3.52. The molecule has 0 amide bonds. The number of fused-ring (bicyclic) bond motifs is 1. The van der Waals surface area contributed by atoms with E-state index in [1.54, 1.807) is 0 Å². The molecular weight excluding hydrogens is 250 g/mol. The van der Waals surface area contributed by atoms with Crippen LogP contribution >= 0.6 is 11.3 Å². The molecule has 3 nitrogen and oxygen atoms in total. The number of hydrogen-bond donors (Lipinski definition) is 0. The van der Waals surface area contributed by atoms with Gasteiger partial charge in [0.25, 0.3) is 0 Å². The van der Waals surface area contributed by atoms with E-state index in [0.29, 0.717) is 11.3 Å². The van der Waals surface area contributed by atoms with Crippen molar-refractivity contribution in [3.8, 4) is 0 Å². The summed E-state index contributed by atoms with van der Waals surface area (Å²) >= 11 is 0.514. The number of carbonyl (C=O) groups is 1. The van der Waals surface area contributed by atoms with Gasteiger partial charge in [0.05, 0.1) is 26.6 Å². The second-order valence-electron chi connectivity index (χ2n) is 2.97. The van der Waals surface area contributed by atoms with Crippen molar-refractivity contribution in [2.24, 2.45) is 0 Å². The minimum absolute atomic E-state index is 0. The van der Waals surface area contributed by atoms with Crippen LogP contribution in [0.3, 0.4) is 0 Å². The van der Waals surface area contributed by atoms with Crippen LogP contribution in [0, 0.1) is 0 Å². The van der Waals surface area contributed by atoms with E-state index in [2.05, 4.69) is 4.98 Å². The first kappa shape index (κ1) is 14.0. The van der Waals surface area contributed by atoms with E-state index in [1.165, 1.54) is 0 Å². The van der Waals surface area contributed by atoms with E-state index in [4.69, 9.17) is 0 Å². The van der Waals surface area contributed by atoms with E-state index < -0.39 is 17.7 Å². The number of hydrogen-bond acceptors (Lipinski definition) is 4. The molecule has 0 fully saturated rings. The van der Waals surface area contributed by atoms with Gasteiger partial charge >= 0.3 is 25.0 Å². The fraction of sp³-hybridized carbons (Fsp3) is 0.111. The molecule has 84 valence electrons. The third-order valence-electron chi connectivity index (χ3n) is 1.92. The van der Waals surface area contributed by atoms with Gasteiger partial charge in [-0.05, 0) is 12.1 Å². The van der Waals surface area contributed by atoms with Crippen molar-refractivity contribution in [1.29, 1.82) is 0 Å². The standard InChI is InChI=1S/C9H4F3NO2S.Li/c10-9(11,12)4-1-2-13-5-3-6(8(14)15)16-7(4)5;/h1-3H,(H,14,15);/q;+1/p-1. The summed E-state index contributed by atoms with van der Waals surface area (Å²) in [5.41, 5.74) is -0.867. The normalized spacial score (nSPS) is 11.2. The largest absolute Gasteiger partial charge is 1.00 e. The summed E-state index contributed by atoms with van der Waals surface area (Å²) in [5, 5.41) is 10.5. The number of carboxylic acids is 1. The van der Waals surface area contributed by atoms with Gasteiger partial charge < -0.3 is 9.90 Å². The summed E-state index contributed by atoms with van der Waals surface area (Å²) in [6.45, 7) is 0. The van der Waals surface area contributed by atoms with Crippen molar-refractivity contribution in [3.63, 3.8) is 0 Å². The molecular formula is C9H3F3LiNO2S. The van der Waals surface area contributed by atoms with Crippen molar-refractivity contribution >= 4 is 27.5 Å². The number of aromatic nitrogens is 1. The number of thiophene rings is 1. The molecule has 0 unspecified atom stereocenters. The van der Waals surface area contributed by atoms with Gasteiger partial charge in [0.1, 0.15) is 0 Å². The van der Waals surface area contributed by atoms with Crippen molar-refractivity contribution in [2.75, 3.05) is 0 Å². The smallest absolute Gasteiger partial charge is 0.544 e. The predicted molar refractivity (Wildman–Crippen MR) is 49.0 cm³/mol. The van der Waals surface area contributed by atoms with E-state index >= 15 is 0 Å². The number of carbonyl (C=O) groups excluding carboxylic acids is 1. The van der Waals surface area contributed by atoms with E-state index in [-0.39, 0.29) is 34.0 Å². The fourth-order valence-corrected chi connectivity index (χ4v) is 2.25. The van der Waals surface area contributed by atoms with Crippen molar-refractivity contribution in [3.05, 3.63) is 28.8 Å². The van der Waals surface area contributed by atoms with Crippen LogP contribution in [0.2, 0.25) is 0 Å². The summed E-state index contributed by atoms with van der Waals surface area (Å²) in [4.78, 5) is 13.9. The summed E-state index contributed by atoms with van der Waals surface area (Å²) in [7, 11) is 0. The van der Waals surface area contributed by atoms with Crippen LogP contribution in [-0.2, 0) is 6.18 Å². The second-order valence-corrected chi connectivity index (χ2v) is 4.02. The molecule has 0 spiro atoms. The maximum Gasteiger partial charge on any atom is 1.00 e. The Balaban J connectivity index is 0.00000144. The average Bonchev–Trinajstić information content (AvgIpc) is 2.58. The number of carboxylic acid groups (broad SMARTS) is 1. The summed E-state index contributed by atoms with van der Waals surface area (Å²) < 4.78 is 37.4. The number of nitrogens with zero attached hydrogens (tertiary/aromatic N) is 1. The minimum atomic E-state index is -4.52. The van der Waals surface area contributed by atoms with Crippen LogP contribution < -0.4 is 24.0 Å². The Kier molecular flexibility index (Phi) is 3.87. The van der Waals surface area contributed by atoms with Gasteiger partial charge in [0.15, 0.2) is 0 Å². The van der Waals surface area contributed by atoms with Gasteiger partial charge in [-0.25, -0.2) is 0 Å². The number of halogens is 3. The Hall–Kier alpha value is -1.03. The van der Waals surface area contributed by atoms with Crippen molar-refractivity contribution < 1.29 is 41.9 Å². The molecule has 0 saturated heterocycles. The molecule has 0 aliphatic rings. The van der Waals surface area contributed by atoms with E-state index in [0.717, 1.165) is 18.3 Å². The van der Waals surface area contributed by atoms with Crippen LogP contribution in [-0.4, -0.2) is 11.0 Å². The van der Waals surface area contributed by atoms with Crippen LogP contribution in [0.5, 0.6) is 0 Å². The van der Waals surface area contributed by atoms with Crippen LogP contribution in [0.4, 0.5) is 13.2 Å². The molecule has 2 heterocycles. The van der Waals surface area contributed by atoms with Crippen molar-refractivity contribution in [2.45, 2.75) is 6.18 Å². The van der Waals surface area contributed by atoms with Crippen LogP contribution in [0.15, 0.2) is 18.3 Å². The Labute approximate surface area is 109 Å². The molecule has 0 aromatic carbocycles. The first-order valence-corrected chi connectivity index (χ1v) is 4.88. The molecule has 0 aliphatic heterocycles. The zero-order chi connectivity index (χ0) is 11.9. The van der Waals surface area contributed by atoms with Crippen molar-refractivity contribution in [1.82, 2.24) is 4.98 Å². The summed E-state index contributed by atoms with van der Waals surface area (Å²) in [6, 6.07) is 1.89. The van der Waals surface area contributed by atoms with E-state index in [9.17, 15) is 23.1 Å². The molecule has 8 heteroatoms. The van der Waals surface area contributed by atoms with Gasteiger partial charge in [-0.15, -0.1) is 11.3 Å². The average molecular weight is 253 g/mol. The van der Waals surface area contributed by atoms with Gasteiger partial charge in [0.2, 0.25) is 0 Å². The topological polar surface area (TPSA) is 53.0 Å². The SMILES string of the molecule is O=C([O-])c1cc2nccc(C(F)(F)F)c2s1.[Li+]. The molecule has 0 N–H and O–H groups in total. The molecule has 2 aromatic rings.